The number of ketones is 1. The van der Waals surface area contributed by atoms with Crippen LogP contribution in [0.4, 0.5) is 0 Å². The Morgan fingerprint density at radius 2 is 1.16 bits per heavy atom. The highest BCUT2D eigenvalue weighted by Gasteiger charge is 1.99. The largest absolute Gasteiger partial charge is 0.332 e. The minimum Gasteiger partial charge on any atom is -0.332 e. The molecule has 0 saturated heterocycles. The van der Waals surface area contributed by atoms with E-state index in [0.29, 0.717) is 0 Å². The molecule has 0 N–H and O–H groups in total. The van der Waals surface area contributed by atoms with E-state index in [2.05, 4.69) is 4.52 Å². The first-order chi connectivity index (χ1) is 8.02. The van der Waals surface area contributed by atoms with Crippen molar-refractivity contribution in [2.75, 3.05) is 45.5 Å². The molecule has 0 aromatic carbocycles. The smallest absolute Gasteiger partial charge is 0.196 e. The highest BCUT2D eigenvalue weighted by atomic mass is 32.2. The minimum atomic E-state index is -2.67. The quantitative estimate of drug-likeness (QED) is 0.671. The van der Waals surface area contributed by atoms with E-state index in [9.17, 15) is 22.0 Å². The molecule has 0 radical (unpaired) electrons. The average Bonchev–Trinajstić information content (AvgIpc) is 1.96. The number of hydrogen-bond donors (Lipinski definition) is 0. The van der Waals surface area contributed by atoms with Crippen molar-refractivity contribution in [3.05, 3.63) is 0 Å². The third-order valence-corrected chi connectivity index (χ3v) is 1.32. The Morgan fingerprint density at radius 3 is 1.16 bits per heavy atom. The Labute approximate surface area is 120 Å². The Bertz CT molecular complexity index is 355. The van der Waals surface area contributed by atoms with Gasteiger partial charge < -0.3 is 9.32 Å². The fourth-order valence-electron chi connectivity index (χ4n) is 0. The molecule has 0 spiro atoms. The van der Waals surface area contributed by atoms with Gasteiger partial charge in [-0.15, -0.1) is 0 Å². The summed E-state index contributed by atoms with van der Waals surface area (Å²) < 4.78 is 43.7. The van der Waals surface area contributed by atoms with Crippen LogP contribution in [0.1, 0.15) is 13.8 Å². The van der Waals surface area contributed by atoms with Crippen LogP contribution >= 0.6 is 7.37 Å². The van der Waals surface area contributed by atoms with E-state index in [0.717, 1.165) is 12.5 Å². The van der Waals surface area contributed by atoms with Crippen LogP contribution in [-0.2, 0) is 34.5 Å². The summed E-state index contributed by atoms with van der Waals surface area (Å²) in [6.07, 6.45) is 5.60. The van der Waals surface area contributed by atoms with Crippen molar-refractivity contribution in [3.63, 3.8) is 0 Å². The van der Waals surface area contributed by atoms with Crippen molar-refractivity contribution in [1.29, 1.82) is 0 Å². The minimum absolute atomic E-state index is 0.167. The lowest BCUT2D eigenvalue weighted by atomic mass is 10.6. The van der Waals surface area contributed by atoms with E-state index >= 15 is 0 Å². The van der Waals surface area contributed by atoms with E-state index < -0.39 is 28.0 Å². The van der Waals surface area contributed by atoms with Crippen LogP contribution < -0.4 is 0 Å². The third-order valence-electron chi connectivity index (χ3n) is 0.440. The first kappa shape index (κ1) is 27.3. The predicted molar refractivity (Wildman–Crippen MR) is 83.6 cm³/mol. The average molecular weight is 338 g/mol. The lowest BCUT2D eigenvalue weighted by Crippen LogP contribution is -1.86. The van der Waals surface area contributed by atoms with Gasteiger partial charge in [0.05, 0.1) is 0 Å². The van der Waals surface area contributed by atoms with Crippen LogP contribution in [0.25, 0.3) is 0 Å². The second kappa shape index (κ2) is 14.4. The molecule has 0 aromatic heterocycles. The van der Waals surface area contributed by atoms with Crippen molar-refractivity contribution in [3.8, 4) is 0 Å². The first-order valence-electron chi connectivity index (χ1n) is 5.00. The number of carbonyl (C=O) groups is 1. The lowest BCUT2D eigenvalue weighted by molar-refractivity contribution is -0.114. The van der Waals surface area contributed by atoms with Gasteiger partial charge in [-0.1, -0.05) is 0 Å². The molecular weight excluding hydrogens is 311 g/mol. The summed E-state index contributed by atoms with van der Waals surface area (Å²) in [4.78, 5) is 9.44. The Kier molecular flexibility index (Phi) is 20.7. The van der Waals surface area contributed by atoms with Gasteiger partial charge in [0, 0.05) is 56.3 Å². The molecule has 9 heteroatoms. The number of carbonyl (C=O) groups excluding carboxylic acids is 1. The maximum Gasteiger partial charge on any atom is 0.196 e. The van der Waals surface area contributed by atoms with Gasteiger partial charge in [-0.2, -0.15) is 0 Å². The molecule has 19 heavy (non-hydrogen) atoms. The maximum absolute atomic E-state index is 10.4. The number of rotatable bonds is 1. The van der Waals surface area contributed by atoms with Crippen molar-refractivity contribution in [2.45, 2.75) is 13.8 Å². The molecule has 0 atom stereocenters. The normalized spacial score (nSPS) is 10.0. The van der Waals surface area contributed by atoms with Gasteiger partial charge in [-0.3, -0.25) is 8.77 Å². The van der Waals surface area contributed by atoms with Crippen molar-refractivity contribution >= 4 is 33.8 Å². The second-order valence-electron chi connectivity index (χ2n) is 4.23. The molecule has 0 rings (SSSR count). The van der Waals surface area contributed by atoms with E-state index in [1.54, 1.807) is 25.8 Å². The molecule has 0 saturated carbocycles. The van der Waals surface area contributed by atoms with Crippen LogP contribution in [0, 0.1) is 0 Å². The van der Waals surface area contributed by atoms with Crippen molar-refractivity contribution in [1.82, 2.24) is 0 Å². The molecule has 120 valence electrons. The fraction of sp³-hybridized carbons (Fsp3) is 0.900. The van der Waals surface area contributed by atoms with E-state index in [1.807, 2.05) is 0 Å². The third kappa shape index (κ3) is 522. The van der Waals surface area contributed by atoms with Crippen LogP contribution in [0.15, 0.2) is 0 Å². The zero-order valence-electron chi connectivity index (χ0n) is 13.2. The molecule has 0 aliphatic carbocycles. The summed E-state index contributed by atoms with van der Waals surface area (Å²) in [5.74, 6) is 0.167. The Hall–Kier alpha value is -0.0400. The molecule has 0 aliphatic heterocycles. The second-order valence-corrected chi connectivity index (χ2v) is 10.9. The van der Waals surface area contributed by atoms with Gasteiger partial charge in [0.2, 0.25) is 0 Å². The summed E-state index contributed by atoms with van der Waals surface area (Å²) >= 11 is 0. The van der Waals surface area contributed by atoms with E-state index in [-0.39, 0.29) is 5.78 Å². The van der Waals surface area contributed by atoms with Crippen molar-refractivity contribution < 1.29 is 26.5 Å². The molecule has 0 amide bonds. The molecule has 0 fully saturated rings. The van der Waals surface area contributed by atoms with Gasteiger partial charge >= 0.3 is 0 Å². The molecule has 0 unspecified atom stereocenters. The summed E-state index contributed by atoms with van der Waals surface area (Å²) in [6.45, 7) is 6.21. The summed E-state index contributed by atoms with van der Waals surface area (Å²) in [5, 5.41) is 0. The Balaban J connectivity index is -0.0000000803. The van der Waals surface area contributed by atoms with Crippen molar-refractivity contribution in [2.24, 2.45) is 0 Å². The fourth-order valence-corrected chi connectivity index (χ4v) is 0. The predicted octanol–water partition coefficient (Wildman–Crippen LogP) is 1.42. The number of Topliss-reactive ketones (excluding diaryl/α,β-unsaturated/α-hetero) is 1. The first-order valence-corrected chi connectivity index (χ1v) is 11.8. The van der Waals surface area contributed by atoms with Gasteiger partial charge in [-0.05, 0) is 13.8 Å². The van der Waals surface area contributed by atoms with Crippen LogP contribution in [0.3, 0.4) is 0 Å². The van der Waals surface area contributed by atoms with Crippen LogP contribution in [0.2, 0.25) is 0 Å². The van der Waals surface area contributed by atoms with Crippen LogP contribution in [-0.4, -0.2) is 63.9 Å². The zero-order valence-corrected chi connectivity index (χ0v) is 15.7. The number of sulfone groups is 1. The van der Waals surface area contributed by atoms with Crippen LogP contribution in [0.5, 0.6) is 0 Å². The van der Waals surface area contributed by atoms with Gasteiger partial charge in [0.15, 0.2) is 7.37 Å². The summed E-state index contributed by atoms with van der Waals surface area (Å²) in [6, 6.07) is 0. The van der Waals surface area contributed by atoms with Gasteiger partial charge in [-0.25, -0.2) is 8.42 Å². The molecule has 0 heterocycles. The standard InChI is InChI=1S/C3H9O2P.C3H6O.C2H6O2S.C2H6OS/c1-5-6(2,3)4;1-3(2)4;1-5(2,3)4;1-4(2)3/h1-3H3;1-2H3;1-2H3;1-2H3. The highest BCUT2D eigenvalue weighted by molar-refractivity contribution is 7.89. The zero-order chi connectivity index (χ0) is 16.9. The van der Waals surface area contributed by atoms with Gasteiger partial charge in [0.1, 0.15) is 15.6 Å². The van der Waals surface area contributed by atoms with E-state index in [1.165, 1.54) is 21.0 Å². The SMILES string of the molecule is CC(C)=O.COP(C)(C)=O.CS(C)(=O)=O.CS(C)=O. The summed E-state index contributed by atoms with van der Waals surface area (Å²) in [7, 11) is -3.98. The van der Waals surface area contributed by atoms with E-state index in [4.69, 9.17) is 0 Å². The molecule has 0 aromatic rings. The molecule has 0 aliphatic rings. The topological polar surface area (TPSA) is 94.6 Å². The monoisotopic (exact) mass is 338 g/mol. The lowest BCUT2D eigenvalue weighted by Gasteiger charge is -1.98. The molecular formula is C10H27O6PS2. The molecule has 6 nitrogen and oxygen atoms in total. The molecule has 0 bridgehead atoms. The van der Waals surface area contributed by atoms with Gasteiger partial charge in [0.25, 0.3) is 0 Å². The highest BCUT2D eigenvalue weighted by Crippen LogP contribution is 2.35. The number of hydrogen-bond acceptors (Lipinski definition) is 6. The maximum atomic E-state index is 10.4. The summed E-state index contributed by atoms with van der Waals surface area (Å²) in [5.41, 5.74) is 0. The Morgan fingerprint density at radius 1 is 1.11 bits per heavy atom.